The van der Waals surface area contributed by atoms with Crippen LogP contribution in [0.1, 0.15) is 66.1 Å². The zero-order chi connectivity index (χ0) is 20.4. The molecule has 0 saturated heterocycles. The lowest BCUT2D eigenvalue weighted by atomic mass is 9.92. The minimum atomic E-state index is -0.792. The molecule has 0 fully saturated rings. The number of hydrogen-bond donors (Lipinski definition) is 1. The summed E-state index contributed by atoms with van der Waals surface area (Å²) in [5.74, 6) is 3.21. The van der Waals surface area contributed by atoms with Crippen LogP contribution in [0.3, 0.4) is 0 Å². The number of benzene rings is 1. The van der Waals surface area contributed by atoms with E-state index < -0.39 is 11.2 Å². The van der Waals surface area contributed by atoms with Gasteiger partial charge in [-0.1, -0.05) is 19.8 Å². The number of ether oxygens (including phenoxy) is 1. The van der Waals surface area contributed by atoms with Gasteiger partial charge in [0, 0.05) is 24.3 Å². The average molecular weight is 385 g/mol. The maximum Gasteiger partial charge on any atom is 0.170 e. The van der Waals surface area contributed by atoms with Gasteiger partial charge in [0.15, 0.2) is 11.5 Å². The number of furan rings is 2. The molecule has 3 aromatic rings. The minimum absolute atomic E-state index is 0.490. The Morgan fingerprint density at radius 1 is 0.929 bits per heavy atom. The van der Waals surface area contributed by atoms with Gasteiger partial charge in [-0.15, -0.1) is 0 Å². The fraction of sp³-hybridized carbons (Fsp3) is 0.500. The Morgan fingerprint density at radius 2 is 1.71 bits per heavy atom. The molecule has 0 atom stereocenters. The molecule has 2 heterocycles. The molecule has 1 N–H and O–H groups in total. The number of rotatable bonds is 9. The van der Waals surface area contributed by atoms with Crippen molar-refractivity contribution < 1.29 is 18.7 Å². The van der Waals surface area contributed by atoms with Crippen molar-refractivity contribution in [3.05, 3.63) is 42.2 Å². The fourth-order valence-corrected chi connectivity index (χ4v) is 3.79. The van der Waals surface area contributed by atoms with Gasteiger partial charge in [0.05, 0.1) is 5.60 Å². The Hall–Kier alpha value is -2.20. The third kappa shape index (κ3) is 5.41. The molecule has 0 unspecified atom stereocenters. The molecule has 0 spiro atoms. The molecule has 0 aliphatic heterocycles. The highest BCUT2D eigenvalue weighted by Gasteiger charge is 2.29. The zero-order valence-electron chi connectivity index (χ0n) is 17.7. The molecule has 4 heteroatoms. The maximum atomic E-state index is 10.1. The van der Waals surface area contributed by atoms with Crippen LogP contribution in [0, 0.1) is 0 Å². The summed E-state index contributed by atoms with van der Waals surface area (Å²) in [6.45, 7) is 9.74. The van der Waals surface area contributed by atoms with Gasteiger partial charge in [-0.3, -0.25) is 0 Å². The van der Waals surface area contributed by atoms with Gasteiger partial charge < -0.3 is 18.7 Å². The molecule has 0 radical (unpaired) electrons. The van der Waals surface area contributed by atoms with Crippen LogP contribution in [-0.2, 0) is 6.42 Å². The Morgan fingerprint density at radius 3 is 2.43 bits per heavy atom. The summed E-state index contributed by atoms with van der Waals surface area (Å²) in [6, 6.07) is 11.8. The molecule has 0 amide bonds. The standard InChI is InChI=1S/C24H32O4/c1-6-7-8-9-18-12-13-20(26-18)22-14-17-10-11-19(15-21(17)27-22)28-24(4,5)16-23(2,3)25/h10-15,25H,6-9,16H2,1-5H3. The number of hydrogen-bond acceptors (Lipinski definition) is 4. The third-order valence-corrected chi connectivity index (χ3v) is 4.68. The van der Waals surface area contributed by atoms with E-state index in [0.717, 1.165) is 46.8 Å². The second-order valence-corrected chi connectivity index (χ2v) is 8.88. The molecule has 0 saturated carbocycles. The van der Waals surface area contributed by atoms with Crippen LogP contribution in [0.2, 0.25) is 0 Å². The van der Waals surface area contributed by atoms with E-state index >= 15 is 0 Å². The van der Waals surface area contributed by atoms with Crippen LogP contribution < -0.4 is 4.74 Å². The molecule has 28 heavy (non-hydrogen) atoms. The fourth-order valence-electron chi connectivity index (χ4n) is 3.79. The molecular formula is C24H32O4. The van der Waals surface area contributed by atoms with E-state index in [1.54, 1.807) is 13.8 Å². The quantitative estimate of drug-likeness (QED) is 0.415. The van der Waals surface area contributed by atoms with Crippen molar-refractivity contribution in [1.82, 2.24) is 0 Å². The summed E-state index contributed by atoms with van der Waals surface area (Å²) in [5.41, 5.74) is -0.523. The first-order chi connectivity index (χ1) is 13.1. The van der Waals surface area contributed by atoms with Gasteiger partial charge in [-0.25, -0.2) is 0 Å². The van der Waals surface area contributed by atoms with Crippen molar-refractivity contribution in [3.8, 4) is 17.3 Å². The Bertz CT molecular complexity index is 908. The molecule has 4 nitrogen and oxygen atoms in total. The first kappa shape index (κ1) is 20.5. The van der Waals surface area contributed by atoms with E-state index in [9.17, 15) is 5.11 Å². The summed E-state index contributed by atoms with van der Waals surface area (Å²) in [7, 11) is 0. The van der Waals surface area contributed by atoms with Crippen molar-refractivity contribution in [2.24, 2.45) is 0 Å². The minimum Gasteiger partial charge on any atom is -0.488 e. The highest BCUT2D eigenvalue weighted by molar-refractivity contribution is 5.83. The zero-order valence-corrected chi connectivity index (χ0v) is 17.7. The molecule has 3 rings (SSSR count). The monoisotopic (exact) mass is 384 g/mol. The van der Waals surface area contributed by atoms with Crippen LogP contribution in [-0.4, -0.2) is 16.3 Å². The average Bonchev–Trinajstić information content (AvgIpc) is 3.18. The van der Waals surface area contributed by atoms with Gasteiger partial charge in [0.2, 0.25) is 0 Å². The molecule has 1 aromatic carbocycles. The maximum absolute atomic E-state index is 10.1. The summed E-state index contributed by atoms with van der Waals surface area (Å²) in [4.78, 5) is 0. The molecule has 0 aliphatic carbocycles. The van der Waals surface area contributed by atoms with Crippen LogP contribution in [0.25, 0.3) is 22.5 Å². The molecular weight excluding hydrogens is 352 g/mol. The first-order valence-corrected chi connectivity index (χ1v) is 10.2. The van der Waals surface area contributed by atoms with Gasteiger partial charge in [-0.05, 0) is 64.4 Å². The van der Waals surface area contributed by atoms with E-state index in [4.69, 9.17) is 13.6 Å². The predicted octanol–water partition coefficient (Wildman–Crippen LogP) is 6.74. The van der Waals surface area contributed by atoms with E-state index in [1.807, 2.05) is 50.2 Å². The lowest BCUT2D eigenvalue weighted by molar-refractivity contribution is -0.0106. The van der Waals surface area contributed by atoms with Crippen molar-refractivity contribution >= 4 is 11.0 Å². The van der Waals surface area contributed by atoms with E-state index in [-0.39, 0.29) is 0 Å². The smallest absolute Gasteiger partial charge is 0.170 e. The van der Waals surface area contributed by atoms with Gasteiger partial charge in [0.1, 0.15) is 22.7 Å². The summed E-state index contributed by atoms with van der Waals surface area (Å²) >= 11 is 0. The topological polar surface area (TPSA) is 55.7 Å². The number of unbranched alkanes of at least 4 members (excludes halogenated alkanes) is 2. The Kier molecular flexibility index (Phi) is 5.90. The first-order valence-electron chi connectivity index (χ1n) is 10.2. The number of aliphatic hydroxyl groups is 1. The normalized spacial score (nSPS) is 12.6. The van der Waals surface area contributed by atoms with Crippen molar-refractivity contribution in [1.29, 1.82) is 0 Å². The summed E-state index contributed by atoms with van der Waals surface area (Å²) in [6.07, 6.45) is 5.04. The lowest BCUT2D eigenvalue weighted by Crippen LogP contribution is -2.37. The molecule has 0 aliphatic rings. The Balaban J connectivity index is 1.76. The van der Waals surface area contributed by atoms with Gasteiger partial charge in [-0.2, -0.15) is 0 Å². The van der Waals surface area contributed by atoms with Crippen LogP contribution in [0.5, 0.6) is 5.75 Å². The van der Waals surface area contributed by atoms with Crippen LogP contribution >= 0.6 is 0 Å². The summed E-state index contributed by atoms with van der Waals surface area (Å²) in [5, 5.41) is 11.1. The largest absolute Gasteiger partial charge is 0.488 e. The number of aryl methyl sites for hydroxylation is 1. The molecule has 2 aromatic heterocycles. The highest BCUT2D eigenvalue weighted by Crippen LogP contribution is 2.33. The Labute approximate surface area is 167 Å². The number of fused-ring (bicyclic) bond motifs is 1. The molecule has 152 valence electrons. The van der Waals surface area contributed by atoms with E-state index in [2.05, 4.69) is 6.92 Å². The van der Waals surface area contributed by atoms with E-state index in [1.165, 1.54) is 12.8 Å². The molecule has 0 bridgehead atoms. The van der Waals surface area contributed by atoms with Crippen molar-refractivity contribution in [2.75, 3.05) is 0 Å². The van der Waals surface area contributed by atoms with E-state index in [0.29, 0.717) is 6.42 Å². The van der Waals surface area contributed by atoms with Crippen molar-refractivity contribution in [2.45, 2.75) is 77.9 Å². The van der Waals surface area contributed by atoms with Crippen LogP contribution in [0.4, 0.5) is 0 Å². The SMILES string of the molecule is CCCCCc1ccc(-c2cc3ccc(OC(C)(C)CC(C)(C)O)cc3o2)o1. The van der Waals surface area contributed by atoms with Crippen LogP contribution in [0.15, 0.2) is 45.2 Å². The lowest BCUT2D eigenvalue weighted by Gasteiger charge is -2.32. The summed E-state index contributed by atoms with van der Waals surface area (Å²) < 4.78 is 18.1. The highest BCUT2D eigenvalue weighted by atomic mass is 16.5. The second-order valence-electron chi connectivity index (χ2n) is 8.88. The van der Waals surface area contributed by atoms with Crippen molar-refractivity contribution in [3.63, 3.8) is 0 Å². The third-order valence-electron chi connectivity index (χ3n) is 4.68. The predicted molar refractivity (Wildman–Crippen MR) is 113 cm³/mol. The van der Waals surface area contributed by atoms with Gasteiger partial charge in [0.25, 0.3) is 0 Å². The van der Waals surface area contributed by atoms with Gasteiger partial charge >= 0.3 is 0 Å². The second kappa shape index (κ2) is 8.04.